The van der Waals surface area contributed by atoms with E-state index in [2.05, 4.69) is 18.7 Å². The molecule has 1 aliphatic rings. The molecule has 0 radical (unpaired) electrons. The van der Waals surface area contributed by atoms with Gasteiger partial charge in [0.2, 0.25) is 0 Å². The molecule has 0 bridgehead atoms. The first kappa shape index (κ1) is 17.5. The van der Waals surface area contributed by atoms with Crippen LogP contribution in [0.2, 0.25) is 0 Å². The molecule has 2 atom stereocenters. The highest BCUT2D eigenvalue weighted by atomic mass is 16.6. The maximum Gasteiger partial charge on any atom is 0.333 e. The van der Waals surface area contributed by atoms with Crippen LogP contribution in [-0.4, -0.2) is 62.4 Å². The Balaban J connectivity index is 2.06. The van der Waals surface area contributed by atoms with E-state index < -0.39 is 0 Å². The Hall–Kier alpha value is -1.86. The van der Waals surface area contributed by atoms with Gasteiger partial charge < -0.3 is 14.4 Å². The number of para-hydroxylation sites is 1. The Kier molecular flexibility index (Phi) is 5.79. The van der Waals surface area contributed by atoms with E-state index in [0.717, 1.165) is 19.6 Å². The average molecular weight is 323 g/mol. The number of benzene rings is 1. The smallest absolute Gasteiger partial charge is 0.333 e. The summed E-state index contributed by atoms with van der Waals surface area (Å²) < 4.78 is 10.9. The molecule has 0 N–H and O–H groups in total. The van der Waals surface area contributed by atoms with Crippen molar-refractivity contribution < 1.29 is 14.4 Å². The van der Waals surface area contributed by atoms with Crippen molar-refractivity contribution >= 4 is 11.4 Å². The summed E-state index contributed by atoms with van der Waals surface area (Å²) in [6.45, 7) is 7.45. The van der Waals surface area contributed by atoms with Crippen molar-refractivity contribution in [3.63, 3.8) is 0 Å². The minimum absolute atomic E-state index is 0.0150. The molecule has 128 valence electrons. The molecule has 0 saturated carbocycles. The Morgan fingerprint density at radius 2 is 2.04 bits per heavy atom. The second-order valence-corrected chi connectivity index (χ2v) is 6.02. The molecule has 0 aliphatic carbocycles. The molecule has 1 fully saturated rings. The van der Waals surface area contributed by atoms with Crippen LogP contribution in [0.5, 0.6) is 5.75 Å². The van der Waals surface area contributed by atoms with Crippen LogP contribution in [-0.2, 0) is 4.74 Å². The lowest BCUT2D eigenvalue weighted by Gasteiger charge is -2.36. The SMILES string of the molecule is COc1cccc(N(C)CCN2C[C@@H](C)O[C@@H](C)C2)c1[N+](=O)[O-]. The number of nitro groups is 1. The summed E-state index contributed by atoms with van der Waals surface area (Å²) in [6.07, 6.45) is 0.436. The highest BCUT2D eigenvalue weighted by Crippen LogP contribution is 2.36. The molecule has 0 spiro atoms. The zero-order chi connectivity index (χ0) is 17.0. The van der Waals surface area contributed by atoms with E-state index in [4.69, 9.17) is 9.47 Å². The fourth-order valence-corrected chi connectivity index (χ4v) is 3.05. The second kappa shape index (κ2) is 7.61. The van der Waals surface area contributed by atoms with Crippen molar-refractivity contribution in [3.8, 4) is 5.75 Å². The van der Waals surface area contributed by atoms with Gasteiger partial charge in [0.15, 0.2) is 5.75 Å². The van der Waals surface area contributed by atoms with Crippen LogP contribution in [0.15, 0.2) is 18.2 Å². The third kappa shape index (κ3) is 4.33. The minimum Gasteiger partial charge on any atom is -0.490 e. The molecule has 1 aromatic rings. The van der Waals surface area contributed by atoms with Crippen molar-refractivity contribution in [2.24, 2.45) is 0 Å². The zero-order valence-corrected chi connectivity index (χ0v) is 14.2. The van der Waals surface area contributed by atoms with Crippen molar-refractivity contribution in [2.75, 3.05) is 45.2 Å². The van der Waals surface area contributed by atoms with E-state index in [0.29, 0.717) is 12.2 Å². The molecule has 0 amide bonds. The van der Waals surface area contributed by atoms with Crippen LogP contribution in [0.1, 0.15) is 13.8 Å². The number of nitrogens with zero attached hydrogens (tertiary/aromatic N) is 3. The number of rotatable bonds is 6. The van der Waals surface area contributed by atoms with Gasteiger partial charge >= 0.3 is 5.69 Å². The predicted molar refractivity (Wildman–Crippen MR) is 89.4 cm³/mol. The fraction of sp³-hybridized carbons (Fsp3) is 0.625. The average Bonchev–Trinajstić information content (AvgIpc) is 2.50. The summed E-state index contributed by atoms with van der Waals surface area (Å²) in [4.78, 5) is 15.2. The summed E-state index contributed by atoms with van der Waals surface area (Å²) in [5.41, 5.74) is 0.588. The molecule has 1 aliphatic heterocycles. The molecule has 7 nitrogen and oxygen atoms in total. The standard InChI is InChI=1S/C16H25N3O4/c1-12-10-18(11-13(2)23-12)9-8-17(3)14-6-5-7-15(22-4)16(14)19(20)21/h5-7,12-13H,8-11H2,1-4H3/t12-,13+. The van der Waals surface area contributed by atoms with Gasteiger partial charge in [-0.15, -0.1) is 0 Å². The highest BCUT2D eigenvalue weighted by molar-refractivity contribution is 5.69. The van der Waals surface area contributed by atoms with Crippen LogP contribution in [0.3, 0.4) is 0 Å². The van der Waals surface area contributed by atoms with Gasteiger partial charge in [-0.2, -0.15) is 0 Å². The van der Waals surface area contributed by atoms with Gasteiger partial charge in [0.25, 0.3) is 0 Å². The van der Waals surface area contributed by atoms with Crippen molar-refractivity contribution in [1.29, 1.82) is 0 Å². The highest BCUT2D eigenvalue weighted by Gasteiger charge is 2.25. The monoisotopic (exact) mass is 323 g/mol. The van der Waals surface area contributed by atoms with E-state index >= 15 is 0 Å². The van der Waals surface area contributed by atoms with Gasteiger partial charge in [0.1, 0.15) is 5.69 Å². The Morgan fingerprint density at radius 1 is 1.39 bits per heavy atom. The van der Waals surface area contributed by atoms with Crippen LogP contribution in [0.25, 0.3) is 0 Å². The molecule has 1 saturated heterocycles. The van der Waals surface area contributed by atoms with Gasteiger partial charge in [-0.05, 0) is 26.0 Å². The van der Waals surface area contributed by atoms with Gasteiger partial charge in [0.05, 0.1) is 24.2 Å². The first-order chi connectivity index (χ1) is 10.9. The van der Waals surface area contributed by atoms with Gasteiger partial charge in [-0.3, -0.25) is 15.0 Å². The van der Waals surface area contributed by atoms with Crippen LogP contribution in [0.4, 0.5) is 11.4 Å². The number of morpholine rings is 1. The Bertz CT molecular complexity index is 542. The summed E-state index contributed by atoms with van der Waals surface area (Å²) in [5, 5.41) is 11.4. The van der Waals surface area contributed by atoms with Crippen LogP contribution >= 0.6 is 0 Å². The van der Waals surface area contributed by atoms with Crippen molar-refractivity contribution in [3.05, 3.63) is 28.3 Å². The largest absolute Gasteiger partial charge is 0.490 e. The summed E-state index contributed by atoms with van der Waals surface area (Å²) >= 11 is 0. The third-order valence-corrected chi connectivity index (χ3v) is 4.04. The number of nitro benzene ring substituents is 1. The maximum atomic E-state index is 11.4. The summed E-state index contributed by atoms with van der Waals surface area (Å²) in [7, 11) is 3.32. The normalized spacial score (nSPS) is 21.9. The number of hydrogen-bond acceptors (Lipinski definition) is 6. The molecule has 23 heavy (non-hydrogen) atoms. The van der Waals surface area contributed by atoms with E-state index in [9.17, 15) is 10.1 Å². The van der Waals surface area contributed by atoms with Crippen molar-refractivity contribution in [1.82, 2.24) is 4.90 Å². The first-order valence-corrected chi connectivity index (χ1v) is 7.82. The summed E-state index contributed by atoms with van der Waals surface area (Å²) in [5.74, 6) is 0.285. The number of likely N-dealkylation sites (N-methyl/N-ethyl adjacent to an activating group) is 1. The topological polar surface area (TPSA) is 68.1 Å². The lowest BCUT2D eigenvalue weighted by atomic mass is 10.2. The lowest BCUT2D eigenvalue weighted by molar-refractivity contribution is -0.385. The predicted octanol–water partition coefficient (Wildman–Crippen LogP) is 2.15. The zero-order valence-electron chi connectivity index (χ0n) is 14.2. The molecular weight excluding hydrogens is 298 g/mol. The number of ether oxygens (including phenoxy) is 2. The lowest BCUT2D eigenvalue weighted by Crippen LogP contribution is -2.47. The molecule has 7 heteroatoms. The fourth-order valence-electron chi connectivity index (χ4n) is 3.05. The van der Waals surface area contributed by atoms with E-state index in [1.165, 1.54) is 7.11 Å². The molecule has 0 aromatic heterocycles. The summed E-state index contributed by atoms with van der Waals surface area (Å²) in [6, 6.07) is 5.14. The number of methoxy groups -OCH3 is 1. The minimum atomic E-state index is -0.385. The molecular formula is C16H25N3O4. The molecule has 1 heterocycles. The van der Waals surface area contributed by atoms with Gasteiger partial charge in [-0.25, -0.2) is 0 Å². The Labute approximate surface area is 136 Å². The van der Waals surface area contributed by atoms with E-state index in [1.54, 1.807) is 18.2 Å². The van der Waals surface area contributed by atoms with E-state index in [-0.39, 0.29) is 28.6 Å². The molecule has 0 unspecified atom stereocenters. The van der Waals surface area contributed by atoms with Crippen molar-refractivity contribution in [2.45, 2.75) is 26.1 Å². The van der Waals surface area contributed by atoms with Gasteiger partial charge in [0, 0.05) is 33.2 Å². The molecule has 1 aromatic carbocycles. The molecule has 2 rings (SSSR count). The quantitative estimate of drug-likeness (QED) is 0.590. The van der Waals surface area contributed by atoms with Crippen LogP contribution < -0.4 is 9.64 Å². The van der Waals surface area contributed by atoms with Crippen LogP contribution in [0, 0.1) is 10.1 Å². The second-order valence-electron chi connectivity index (χ2n) is 6.02. The number of anilines is 1. The van der Waals surface area contributed by atoms with E-state index in [1.807, 2.05) is 11.9 Å². The third-order valence-electron chi connectivity index (χ3n) is 4.04. The maximum absolute atomic E-state index is 11.4. The Morgan fingerprint density at radius 3 is 2.61 bits per heavy atom. The number of hydrogen-bond donors (Lipinski definition) is 0. The van der Waals surface area contributed by atoms with Gasteiger partial charge in [-0.1, -0.05) is 6.07 Å². The first-order valence-electron chi connectivity index (χ1n) is 7.82.